The van der Waals surface area contributed by atoms with Gasteiger partial charge in [0.25, 0.3) is 0 Å². The first-order chi connectivity index (χ1) is 9.38. The summed E-state index contributed by atoms with van der Waals surface area (Å²) in [5, 5.41) is 11.8. The van der Waals surface area contributed by atoms with Crippen molar-refractivity contribution < 1.29 is 0 Å². The predicted octanol–water partition coefficient (Wildman–Crippen LogP) is 2.38. The van der Waals surface area contributed by atoms with Gasteiger partial charge in [0.1, 0.15) is 6.33 Å². The van der Waals surface area contributed by atoms with E-state index < -0.39 is 0 Å². The van der Waals surface area contributed by atoms with E-state index in [-0.39, 0.29) is 0 Å². The predicted molar refractivity (Wildman–Crippen MR) is 73.9 cm³/mol. The largest absolute Gasteiger partial charge is 0.365 e. The number of hydrogen-bond acceptors (Lipinski definition) is 5. The van der Waals surface area contributed by atoms with Gasteiger partial charge in [0.2, 0.25) is 0 Å². The standard InChI is InChI=1S/C13H20N6/c1-2-19-13-11(17-18-19)12(14-9-15-13)16-10-7-5-3-4-6-8-10/h9-10H,2-8H2,1H3,(H,14,15,16). The molecular weight excluding hydrogens is 240 g/mol. The van der Waals surface area contributed by atoms with Gasteiger partial charge in [-0.05, 0) is 19.8 Å². The number of aromatic nitrogens is 5. The Bertz CT molecular complexity index is 541. The maximum atomic E-state index is 4.34. The zero-order valence-corrected chi connectivity index (χ0v) is 11.3. The molecule has 6 heteroatoms. The topological polar surface area (TPSA) is 68.5 Å². The molecule has 0 amide bonds. The summed E-state index contributed by atoms with van der Waals surface area (Å²) in [6, 6.07) is 0.507. The average Bonchev–Trinajstić information content (AvgIpc) is 2.69. The van der Waals surface area contributed by atoms with E-state index in [0.717, 1.165) is 23.5 Å². The Hall–Kier alpha value is -1.72. The van der Waals surface area contributed by atoms with Crippen LogP contribution in [0.1, 0.15) is 45.4 Å². The minimum atomic E-state index is 0.507. The molecule has 1 aliphatic carbocycles. The zero-order valence-electron chi connectivity index (χ0n) is 11.3. The van der Waals surface area contributed by atoms with Crippen LogP contribution < -0.4 is 5.32 Å². The third-order valence-corrected chi connectivity index (χ3v) is 3.80. The monoisotopic (exact) mass is 260 g/mol. The number of nitrogens with one attached hydrogen (secondary N) is 1. The van der Waals surface area contributed by atoms with Gasteiger partial charge in [0, 0.05) is 12.6 Å². The van der Waals surface area contributed by atoms with E-state index in [1.54, 1.807) is 11.0 Å². The fourth-order valence-electron chi connectivity index (χ4n) is 2.73. The van der Waals surface area contributed by atoms with E-state index in [1.165, 1.54) is 38.5 Å². The number of aryl methyl sites for hydroxylation is 1. The van der Waals surface area contributed by atoms with Crippen LogP contribution in [0.3, 0.4) is 0 Å². The molecule has 1 aliphatic rings. The van der Waals surface area contributed by atoms with Crippen LogP contribution in [0.5, 0.6) is 0 Å². The van der Waals surface area contributed by atoms with Crippen LogP contribution in [0.2, 0.25) is 0 Å². The molecule has 0 atom stereocenters. The van der Waals surface area contributed by atoms with Crippen LogP contribution >= 0.6 is 0 Å². The van der Waals surface area contributed by atoms with Crippen molar-refractivity contribution >= 4 is 17.0 Å². The summed E-state index contributed by atoms with van der Waals surface area (Å²) in [5.41, 5.74) is 1.60. The molecule has 2 heterocycles. The SMILES string of the molecule is CCn1nnc2c(NC3CCCCCC3)ncnc21. The van der Waals surface area contributed by atoms with E-state index in [4.69, 9.17) is 0 Å². The molecule has 3 rings (SSSR count). The van der Waals surface area contributed by atoms with Crippen molar-refractivity contribution in [1.82, 2.24) is 25.0 Å². The lowest BCUT2D eigenvalue weighted by atomic mass is 10.1. The highest BCUT2D eigenvalue weighted by Crippen LogP contribution is 2.23. The molecule has 102 valence electrons. The Morgan fingerprint density at radius 1 is 1.21 bits per heavy atom. The zero-order chi connectivity index (χ0) is 13.1. The lowest BCUT2D eigenvalue weighted by Gasteiger charge is -2.16. The minimum Gasteiger partial charge on any atom is -0.365 e. The highest BCUT2D eigenvalue weighted by molar-refractivity contribution is 5.81. The van der Waals surface area contributed by atoms with Gasteiger partial charge >= 0.3 is 0 Å². The normalized spacial score (nSPS) is 17.5. The molecule has 19 heavy (non-hydrogen) atoms. The Morgan fingerprint density at radius 2 is 2.00 bits per heavy atom. The molecule has 0 aromatic carbocycles. The maximum absolute atomic E-state index is 4.34. The molecule has 2 aromatic rings. The van der Waals surface area contributed by atoms with Crippen LogP contribution in [-0.4, -0.2) is 31.0 Å². The number of fused-ring (bicyclic) bond motifs is 1. The van der Waals surface area contributed by atoms with Crippen LogP contribution in [0.15, 0.2) is 6.33 Å². The van der Waals surface area contributed by atoms with Gasteiger partial charge in [0.05, 0.1) is 0 Å². The molecule has 0 unspecified atom stereocenters. The summed E-state index contributed by atoms with van der Waals surface area (Å²) >= 11 is 0. The summed E-state index contributed by atoms with van der Waals surface area (Å²) in [6.45, 7) is 2.81. The fourth-order valence-corrected chi connectivity index (χ4v) is 2.73. The third-order valence-electron chi connectivity index (χ3n) is 3.80. The molecule has 1 saturated carbocycles. The smallest absolute Gasteiger partial charge is 0.183 e. The summed E-state index contributed by atoms with van der Waals surface area (Å²) < 4.78 is 1.80. The van der Waals surface area contributed by atoms with E-state index in [9.17, 15) is 0 Å². The second-order valence-corrected chi connectivity index (χ2v) is 5.13. The Morgan fingerprint density at radius 3 is 2.74 bits per heavy atom. The van der Waals surface area contributed by atoms with Crippen molar-refractivity contribution in [1.29, 1.82) is 0 Å². The molecule has 0 aliphatic heterocycles. The van der Waals surface area contributed by atoms with E-state index in [0.29, 0.717) is 6.04 Å². The van der Waals surface area contributed by atoms with E-state index >= 15 is 0 Å². The second-order valence-electron chi connectivity index (χ2n) is 5.13. The van der Waals surface area contributed by atoms with Gasteiger partial charge in [-0.1, -0.05) is 30.9 Å². The quantitative estimate of drug-likeness (QED) is 0.858. The van der Waals surface area contributed by atoms with Crippen LogP contribution in [0, 0.1) is 0 Å². The van der Waals surface area contributed by atoms with Crippen molar-refractivity contribution in [2.24, 2.45) is 0 Å². The molecule has 6 nitrogen and oxygen atoms in total. The van der Waals surface area contributed by atoms with Crippen molar-refractivity contribution in [3.8, 4) is 0 Å². The van der Waals surface area contributed by atoms with Crippen LogP contribution in [0.4, 0.5) is 5.82 Å². The summed E-state index contributed by atoms with van der Waals surface area (Å²) in [5.74, 6) is 0.830. The number of anilines is 1. The lowest BCUT2D eigenvalue weighted by Crippen LogP contribution is -2.19. The molecule has 0 spiro atoms. The maximum Gasteiger partial charge on any atom is 0.183 e. The van der Waals surface area contributed by atoms with Crippen molar-refractivity contribution in [3.05, 3.63) is 6.33 Å². The molecular formula is C13H20N6. The minimum absolute atomic E-state index is 0.507. The van der Waals surface area contributed by atoms with Crippen molar-refractivity contribution in [2.45, 2.75) is 58.0 Å². The van der Waals surface area contributed by atoms with Gasteiger partial charge in [-0.3, -0.25) is 0 Å². The highest BCUT2D eigenvalue weighted by atomic mass is 15.4. The second kappa shape index (κ2) is 5.50. The molecule has 1 fully saturated rings. The molecule has 1 N–H and O–H groups in total. The Balaban J connectivity index is 1.85. The molecule has 0 bridgehead atoms. The van der Waals surface area contributed by atoms with Gasteiger partial charge in [-0.2, -0.15) is 0 Å². The van der Waals surface area contributed by atoms with Crippen molar-refractivity contribution in [2.75, 3.05) is 5.32 Å². The average molecular weight is 260 g/mol. The van der Waals surface area contributed by atoms with E-state index in [2.05, 4.69) is 25.6 Å². The van der Waals surface area contributed by atoms with Gasteiger partial charge in [-0.15, -0.1) is 5.10 Å². The molecule has 0 radical (unpaired) electrons. The fraction of sp³-hybridized carbons (Fsp3) is 0.692. The van der Waals surface area contributed by atoms with E-state index in [1.807, 2.05) is 6.92 Å². The molecule has 2 aromatic heterocycles. The summed E-state index contributed by atoms with van der Waals surface area (Å²) in [7, 11) is 0. The summed E-state index contributed by atoms with van der Waals surface area (Å²) in [4.78, 5) is 8.61. The summed E-state index contributed by atoms with van der Waals surface area (Å²) in [6.07, 6.45) is 9.32. The number of rotatable bonds is 3. The number of hydrogen-bond donors (Lipinski definition) is 1. The lowest BCUT2D eigenvalue weighted by molar-refractivity contribution is 0.618. The molecule has 0 saturated heterocycles. The first kappa shape index (κ1) is 12.3. The van der Waals surface area contributed by atoms with Crippen LogP contribution in [0.25, 0.3) is 11.2 Å². The first-order valence-corrected chi connectivity index (χ1v) is 7.19. The van der Waals surface area contributed by atoms with Crippen LogP contribution in [-0.2, 0) is 6.54 Å². The number of nitrogens with zero attached hydrogens (tertiary/aromatic N) is 5. The van der Waals surface area contributed by atoms with Gasteiger partial charge in [-0.25, -0.2) is 14.6 Å². The van der Waals surface area contributed by atoms with Gasteiger partial charge in [0.15, 0.2) is 17.0 Å². The highest BCUT2D eigenvalue weighted by Gasteiger charge is 2.16. The Labute approximate surface area is 112 Å². The third kappa shape index (κ3) is 2.52. The Kier molecular flexibility index (Phi) is 3.57. The first-order valence-electron chi connectivity index (χ1n) is 7.19. The van der Waals surface area contributed by atoms with Crippen molar-refractivity contribution in [3.63, 3.8) is 0 Å². The van der Waals surface area contributed by atoms with Gasteiger partial charge < -0.3 is 5.32 Å².